The van der Waals surface area contributed by atoms with Crippen LogP contribution in [0.15, 0.2) is 36.7 Å². The Morgan fingerprint density at radius 1 is 1.11 bits per heavy atom. The molecule has 0 unspecified atom stereocenters. The van der Waals surface area contributed by atoms with Gasteiger partial charge in [0.15, 0.2) is 0 Å². The first-order valence-corrected chi connectivity index (χ1v) is 14.4. The first-order chi connectivity index (χ1) is 17.9. The second-order valence-electron chi connectivity index (χ2n) is 9.39. The molecule has 206 valence electrons. The fourth-order valence-electron chi connectivity index (χ4n) is 4.11. The number of rotatable bonds is 9. The van der Waals surface area contributed by atoms with Crippen LogP contribution < -0.4 is 9.62 Å². The van der Waals surface area contributed by atoms with Crippen LogP contribution in [0.3, 0.4) is 0 Å². The Balaban J connectivity index is 1.32. The summed E-state index contributed by atoms with van der Waals surface area (Å²) in [6.45, 7) is 2.30. The zero-order valence-electron chi connectivity index (χ0n) is 21.0. The average molecular weight is 571 g/mol. The first-order valence-electron chi connectivity index (χ1n) is 12.0. The van der Waals surface area contributed by atoms with Crippen molar-refractivity contribution in [3.05, 3.63) is 47.1 Å². The maximum absolute atomic E-state index is 12.9. The summed E-state index contributed by atoms with van der Waals surface area (Å²) in [6.07, 6.45) is -3.76. The number of anilines is 2. The first kappa shape index (κ1) is 28.0. The summed E-state index contributed by atoms with van der Waals surface area (Å²) in [7, 11) is 0.143. The molecule has 3 aromatic rings. The van der Waals surface area contributed by atoms with Crippen molar-refractivity contribution in [3.8, 4) is 0 Å². The van der Waals surface area contributed by atoms with Crippen LogP contribution in [-0.4, -0.2) is 92.8 Å². The SMILES string of the molecule is CN(C)CCS(=O)(=O)Nc1ccc(CC(=O)N2CCN(c3ncnc4sc(CC(F)(F)F)cc34)CC2)cc1. The number of sulfonamides is 1. The van der Waals surface area contributed by atoms with Crippen LogP contribution in [0.1, 0.15) is 10.4 Å². The predicted octanol–water partition coefficient (Wildman–Crippen LogP) is 2.99. The third kappa shape index (κ3) is 7.54. The number of hydrogen-bond donors (Lipinski definition) is 1. The molecule has 0 saturated carbocycles. The maximum Gasteiger partial charge on any atom is 0.393 e. The van der Waals surface area contributed by atoms with E-state index in [4.69, 9.17) is 0 Å². The molecule has 2 aromatic heterocycles. The van der Waals surface area contributed by atoms with Crippen molar-refractivity contribution < 1.29 is 26.4 Å². The number of aromatic nitrogens is 2. The van der Waals surface area contributed by atoms with Crippen molar-refractivity contribution in [1.29, 1.82) is 0 Å². The Labute approximate surface area is 223 Å². The fourth-order valence-corrected chi connectivity index (χ4v) is 6.33. The zero-order chi connectivity index (χ0) is 27.5. The highest BCUT2D eigenvalue weighted by atomic mass is 32.2. The normalized spacial score (nSPS) is 14.9. The zero-order valence-corrected chi connectivity index (χ0v) is 22.7. The Morgan fingerprint density at radius 3 is 2.42 bits per heavy atom. The van der Waals surface area contributed by atoms with Gasteiger partial charge in [0.2, 0.25) is 15.9 Å². The van der Waals surface area contributed by atoms with Crippen molar-refractivity contribution >= 4 is 49.0 Å². The molecule has 0 spiro atoms. The van der Waals surface area contributed by atoms with E-state index in [1.807, 2.05) is 4.90 Å². The molecule has 1 aliphatic rings. The van der Waals surface area contributed by atoms with Crippen molar-refractivity contribution in [3.63, 3.8) is 0 Å². The molecule has 1 aromatic carbocycles. The van der Waals surface area contributed by atoms with Crippen LogP contribution in [0, 0.1) is 0 Å². The van der Waals surface area contributed by atoms with Gasteiger partial charge in [-0.1, -0.05) is 12.1 Å². The van der Waals surface area contributed by atoms with Crippen molar-refractivity contribution in [1.82, 2.24) is 19.8 Å². The number of nitrogens with one attached hydrogen (secondary N) is 1. The number of piperazine rings is 1. The molecule has 1 fully saturated rings. The van der Waals surface area contributed by atoms with Crippen LogP contribution >= 0.6 is 11.3 Å². The van der Waals surface area contributed by atoms with Gasteiger partial charge in [0.1, 0.15) is 17.0 Å². The van der Waals surface area contributed by atoms with Crippen LogP contribution in [0.4, 0.5) is 24.7 Å². The van der Waals surface area contributed by atoms with Gasteiger partial charge in [-0.15, -0.1) is 11.3 Å². The molecule has 1 saturated heterocycles. The van der Waals surface area contributed by atoms with Gasteiger partial charge in [0.05, 0.1) is 24.0 Å². The molecule has 1 aliphatic heterocycles. The fraction of sp³-hybridized carbons (Fsp3) is 0.458. The van der Waals surface area contributed by atoms with Crippen LogP contribution in [0.5, 0.6) is 0 Å². The lowest BCUT2D eigenvalue weighted by atomic mass is 10.1. The summed E-state index contributed by atoms with van der Waals surface area (Å²) in [5.41, 5.74) is 1.21. The summed E-state index contributed by atoms with van der Waals surface area (Å²) >= 11 is 1.01. The van der Waals surface area contributed by atoms with Crippen molar-refractivity contribution in [2.75, 3.05) is 62.2 Å². The molecule has 0 radical (unpaired) electrons. The average Bonchev–Trinajstić information content (AvgIpc) is 3.25. The molecule has 14 heteroatoms. The third-order valence-corrected chi connectivity index (χ3v) is 8.37. The minimum absolute atomic E-state index is 0.0200. The summed E-state index contributed by atoms with van der Waals surface area (Å²) in [4.78, 5) is 27.5. The van der Waals surface area contributed by atoms with Gasteiger partial charge in [-0.2, -0.15) is 13.2 Å². The Kier molecular flexibility index (Phi) is 8.43. The molecule has 1 amide bonds. The van der Waals surface area contributed by atoms with Crippen molar-refractivity contribution in [2.24, 2.45) is 0 Å². The highest BCUT2D eigenvalue weighted by Gasteiger charge is 2.30. The van der Waals surface area contributed by atoms with Crippen LogP contribution in [0.2, 0.25) is 0 Å². The van der Waals surface area contributed by atoms with Gasteiger partial charge in [-0.3, -0.25) is 9.52 Å². The van der Waals surface area contributed by atoms with E-state index in [-0.39, 0.29) is 23.0 Å². The van der Waals surface area contributed by atoms with Gasteiger partial charge in [0, 0.05) is 43.3 Å². The Bertz CT molecular complexity index is 1370. The third-order valence-electron chi connectivity index (χ3n) is 6.06. The minimum Gasteiger partial charge on any atom is -0.352 e. The largest absolute Gasteiger partial charge is 0.393 e. The molecule has 3 heterocycles. The molecule has 0 aliphatic carbocycles. The lowest BCUT2D eigenvalue weighted by Crippen LogP contribution is -2.49. The number of nitrogens with zero attached hydrogens (tertiary/aromatic N) is 5. The van der Waals surface area contributed by atoms with E-state index in [1.165, 1.54) is 12.4 Å². The summed E-state index contributed by atoms with van der Waals surface area (Å²) in [6, 6.07) is 8.24. The van der Waals surface area contributed by atoms with E-state index in [1.54, 1.807) is 48.2 Å². The molecule has 0 bridgehead atoms. The highest BCUT2D eigenvalue weighted by Crippen LogP contribution is 2.34. The number of benzene rings is 1. The molecular weight excluding hydrogens is 541 g/mol. The molecule has 38 heavy (non-hydrogen) atoms. The van der Waals surface area contributed by atoms with E-state index in [0.29, 0.717) is 54.4 Å². The second-order valence-corrected chi connectivity index (χ2v) is 12.3. The smallest absolute Gasteiger partial charge is 0.352 e. The Hall–Kier alpha value is -2.97. The van der Waals surface area contributed by atoms with Gasteiger partial charge < -0.3 is 14.7 Å². The molecular formula is C24H29F3N6O3S2. The highest BCUT2D eigenvalue weighted by molar-refractivity contribution is 7.92. The standard InChI is InChI=1S/C24H29F3N6O3S2/c1-31(2)11-12-38(35,36)30-18-5-3-17(4-6-18)13-21(34)32-7-9-33(10-8-32)22-20-14-19(15-24(25,26)27)37-23(20)29-16-28-22/h3-6,14,16,30H,7-13,15H2,1-2H3. The lowest BCUT2D eigenvalue weighted by Gasteiger charge is -2.35. The number of hydrogen-bond acceptors (Lipinski definition) is 8. The number of thiophene rings is 1. The van der Waals surface area contributed by atoms with Crippen molar-refractivity contribution in [2.45, 2.75) is 19.0 Å². The number of alkyl halides is 3. The van der Waals surface area contributed by atoms with Gasteiger partial charge in [-0.05, 0) is 37.9 Å². The number of halogens is 3. The topological polar surface area (TPSA) is 98.7 Å². The Morgan fingerprint density at radius 2 is 1.79 bits per heavy atom. The van der Waals surface area contributed by atoms with Gasteiger partial charge in [0.25, 0.3) is 0 Å². The molecule has 0 atom stereocenters. The minimum atomic E-state index is -4.29. The quantitative estimate of drug-likeness (QED) is 0.422. The molecule has 1 N–H and O–H groups in total. The van der Waals surface area contributed by atoms with E-state index < -0.39 is 22.6 Å². The van der Waals surface area contributed by atoms with Gasteiger partial charge >= 0.3 is 6.18 Å². The number of carbonyl (C=O) groups excluding carboxylic acids is 1. The number of fused-ring (bicyclic) bond motifs is 1. The van der Waals surface area contributed by atoms with E-state index in [0.717, 1.165) is 16.9 Å². The second kappa shape index (κ2) is 11.4. The van der Waals surface area contributed by atoms with Crippen LogP contribution in [-0.2, 0) is 27.7 Å². The summed E-state index contributed by atoms with van der Waals surface area (Å²) in [5, 5.41) is 0.592. The van der Waals surface area contributed by atoms with Crippen LogP contribution in [0.25, 0.3) is 10.2 Å². The summed E-state index contributed by atoms with van der Waals surface area (Å²) < 4.78 is 65.4. The van der Waals surface area contributed by atoms with E-state index in [9.17, 15) is 26.4 Å². The number of amides is 1. The monoisotopic (exact) mass is 570 g/mol. The summed E-state index contributed by atoms with van der Waals surface area (Å²) in [5.74, 6) is 0.503. The van der Waals surface area contributed by atoms with E-state index >= 15 is 0 Å². The number of carbonyl (C=O) groups is 1. The maximum atomic E-state index is 12.9. The lowest BCUT2D eigenvalue weighted by molar-refractivity contribution is -0.130. The predicted molar refractivity (Wildman–Crippen MR) is 142 cm³/mol. The molecule has 9 nitrogen and oxygen atoms in total. The van der Waals surface area contributed by atoms with E-state index in [2.05, 4.69) is 14.7 Å². The molecule has 4 rings (SSSR count). The van der Waals surface area contributed by atoms with Gasteiger partial charge in [-0.25, -0.2) is 18.4 Å².